The minimum atomic E-state index is 0.474. The molecule has 0 unspecified atom stereocenters. The monoisotopic (exact) mass is 245 g/mol. The van der Waals surface area contributed by atoms with E-state index in [0.717, 1.165) is 12.4 Å². The van der Waals surface area contributed by atoms with Crippen molar-refractivity contribution >= 4 is 11.5 Å². The predicted molar refractivity (Wildman–Crippen MR) is 65.9 cm³/mol. The van der Waals surface area contributed by atoms with Crippen molar-refractivity contribution in [3.63, 3.8) is 0 Å². The first kappa shape index (κ1) is 12.2. The summed E-state index contributed by atoms with van der Waals surface area (Å²) in [5.41, 5.74) is 0.614. The summed E-state index contributed by atoms with van der Waals surface area (Å²) in [4.78, 5) is 2.08. The van der Waals surface area contributed by atoms with E-state index in [2.05, 4.69) is 45.4 Å². The van der Waals surface area contributed by atoms with Crippen LogP contribution in [-0.2, 0) is 0 Å². The smallest absolute Gasteiger partial charge is 0.200 e. The Labute approximate surface area is 105 Å². The van der Waals surface area contributed by atoms with Gasteiger partial charge in [-0.3, -0.25) is 0 Å². The Kier molecular flexibility index (Phi) is 3.67. The fourth-order valence-electron chi connectivity index (χ4n) is 1.73. The first-order valence-electron chi connectivity index (χ1n) is 5.88. The maximum Gasteiger partial charge on any atom is 0.200 e. The zero-order valence-corrected chi connectivity index (χ0v) is 10.5. The van der Waals surface area contributed by atoms with Crippen LogP contribution < -0.4 is 4.90 Å². The third-order valence-corrected chi connectivity index (χ3v) is 2.46. The van der Waals surface area contributed by atoms with Gasteiger partial charge in [-0.05, 0) is 28.5 Å². The molecule has 0 saturated carbocycles. The molecular formula is C11H15N7. The number of hydrogen-bond acceptors (Lipinski definition) is 6. The van der Waals surface area contributed by atoms with Crippen LogP contribution in [0.3, 0.4) is 0 Å². The van der Waals surface area contributed by atoms with E-state index in [0.29, 0.717) is 24.5 Å². The van der Waals surface area contributed by atoms with E-state index in [-0.39, 0.29) is 0 Å². The van der Waals surface area contributed by atoms with Crippen LogP contribution in [0.1, 0.15) is 20.3 Å². The molecule has 0 aliphatic carbocycles. The average molecular weight is 245 g/mol. The molecule has 0 N–H and O–H groups in total. The number of aromatic nitrogens is 5. The predicted octanol–water partition coefficient (Wildman–Crippen LogP) is 0.895. The molecule has 0 bridgehead atoms. The lowest BCUT2D eigenvalue weighted by atomic mass is 10.2. The summed E-state index contributed by atoms with van der Waals surface area (Å²) in [7, 11) is 0. The van der Waals surface area contributed by atoms with Gasteiger partial charge in [0.15, 0.2) is 11.5 Å². The summed E-state index contributed by atoms with van der Waals surface area (Å²) < 4.78 is 1.40. The highest BCUT2D eigenvalue weighted by Gasteiger charge is 2.11. The van der Waals surface area contributed by atoms with Gasteiger partial charge in [-0.15, -0.1) is 14.8 Å². The molecule has 18 heavy (non-hydrogen) atoms. The molecule has 0 aliphatic heterocycles. The van der Waals surface area contributed by atoms with E-state index in [1.165, 1.54) is 4.63 Å². The second kappa shape index (κ2) is 5.40. The quantitative estimate of drug-likeness (QED) is 0.778. The molecule has 2 aromatic heterocycles. The Morgan fingerprint density at radius 1 is 1.44 bits per heavy atom. The minimum Gasteiger partial charge on any atom is -0.354 e. The number of anilines is 1. The molecule has 2 rings (SSSR count). The van der Waals surface area contributed by atoms with Crippen LogP contribution in [0.15, 0.2) is 12.1 Å². The van der Waals surface area contributed by atoms with E-state index >= 15 is 0 Å². The molecule has 2 aromatic rings. The van der Waals surface area contributed by atoms with Crippen molar-refractivity contribution in [2.45, 2.75) is 20.3 Å². The van der Waals surface area contributed by atoms with Crippen molar-refractivity contribution in [2.75, 3.05) is 18.0 Å². The molecule has 0 aliphatic rings. The molecule has 0 fully saturated rings. The first-order valence-corrected chi connectivity index (χ1v) is 5.88. The molecule has 94 valence electrons. The fourth-order valence-corrected chi connectivity index (χ4v) is 1.73. The Balaban J connectivity index is 2.24. The topological polar surface area (TPSA) is 83.0 Å². The van der Waals surface area contributed by atoms with Crippen LogP contribution >= 0.6 is 0 Å². The summed E-state index contributed by atoms with van der Waals surface area (Å²) in [6, 6.07) is 5.86. The first-order chi connectivity index (χ1) is 8.70. The summed E-state index contributed by atoms with van der Waals surface area (Å²) in [5, 5.41) is 24.2. The maximum absolute atomic E-state index is 8.70. The van der Waals surface area contributed by atoms with Crippen molar-refractivity contribution in [3.8, 4) is 6.07 Å². The maximum atomic E-state index is 8.70. The van der Waals surface area contributed by atoms with Gasteiger partial charge in [0.25, 0.3) is 0 Å². The van der Waals surface area contributed by atoms with Crippen molar-refractivity contribution in [1.82, 2.24) is 25.3 Å². The minimum absolute atomic E-state index is 0.474. The normalized spacial score (nSPS) is 10.8. The van der Waals surface area contributed by atoms with E-state index in [1.807, 2.05) is 12.1 Å². The molecule has 0 radical (unpaired) electrons. The number of rotatable bonds is 5. The molecule has 0 amide bonds. The van der Waals surface area contributed by atoms with E-state index in [9.17, 15) is 0 Å². The highest BCUT2D eigenvalue weighted by molar-refractivity contribution is 5.44. The molecule has 0 spiro atoms. The van der Waals surface area contributed by atoms with E-state index < -0.39 is 0 Å². The van der Waals surface area contributed by atoms with Gasteiger partial charge in [0, 0.05) is 13.1 Å². The molecule has 0 aromatic carbocycles. The van der Waals surface area contributed by atoms with Crippen LogP contribution in [-0.4, -0.2) is 38.3 Å². The average Bonchev–Trinajstić information content (AvgIpc) is 2.81. The summed E-state index contributed by atoms with van der Waals surface area (Å²) in [5.74, 6) is 1.29. The lowest BCUT2D eigenvalue weighted by Crippen LogP contribution is -2.29. The van der Waals surface area contributed by atoms with Crippen molar-refractivity contribution < 1.29 is 0 Å². The lowest BCUT2D eigenvalue weighted by molar-refractivity contribution is 0.599. The molecular weight excluding hydrogens is 230 g/mol. The van der Waals surface area contributed by atoms with Gasteiger partial charge >= 0.3 is 0 Å². The van der Waals surface area contributed by atoms with Crippen molar-refractivity contribution in [1.29, 1.82) is 5.26 Å². The molecule has 2 heterocycles. The zero-order valence-electron chi connectivity index (χ0n) is 10.5. The molecule has 7 heteroatoms. The van der Waals surface area contributed by atoms with Crippen LogP contribution in [0.2, 0.25) is 0 Å². The second-order valence-corrected chi connectivity index (χ2v) is 4.47. The van der Waals surface area contributed by atoms with Crippen LogP contribution in [0, 0.1) is 17.2 Å². The van der Waals surface area contributed by atoms with Gasteiger partial charge in [-0.1, -0.05) is 13.8 Å². The summed E-state index contributed by atoms with van der Waals surface area (Å²) in [6.45, 7) is 5.78. The highest BCUT2D eigenvalue weighted by atomic mass is 15.6. The number of hydrogen-bond donors (Lipinski definition) is 0. The summed E-state index contributed by atoms with van der Waals surface area (Å²) >= 11 is 0. The highest BCUT2D eigenvalue weighted by Crippen LogP contribution is 2.13. The Morgan fingerprint density at radius 2 is 2.28 bits per heavy atom. The molecule has 7 nitrogen and oxygen atoms in total. The van der Waals surface area contributed by atoms with Gasteiger partial charge in [0.05, 0.1) is 12.5 Å². The Hall–Kier alpha value is -2.23. The number of tetrazole rings is 1. The standard InChI is InChI=1S/C11H15N7/c1-9(2)8-17(7-3-6-12)11-5-4-10-13-15-16-18(10)14-11/h4-5,9H,3,7-8H2,1-2H3. The third-order valence-electron chi connectivity index (χ3n) is 2.46. The van der Waals surface area contributed by atoms with Gasteiger partial charge in [0.2, 0.25) is 0 Å². The van der Waals surface area contributed by atoms with Crippen molar-refractivity contribution in [2.24, 2.45) is 5.92 Å². The number of nitrogens with zero attached hydrogens (tertiary/aromatic N) is 7. The Bertz CT molecular complexity index is 554. The lowest BCUT2D eigenvalue weighted by Gasteiger charge is -2.24. The fraction of sp³-hybridized carbons (Fsp3) is 0.545. The largest absolute Gasteiger partial charge is 0.354 e. The molecule has 0 atom stereocenters. The van der Waals surface area contributed by atoms with Crippen molar-refractivity contribution in [3.05, 3.63) is 12.1 Å². The number of fused-ring (bicyclic) bond motifs is 1. The van der Waals surface area contributed by atoms with E-state index in [1.54, 1.807) is 0 Å². The third kappa shape index (κ3) is 2.71. The van der Waals surface area contributed by atoms with Gasteiger partial charge in [-0.25, -0.2) is 0 Å². The Morgan fingerprint density at radius 3 is 3.00 bits per heavy atom. The zero-order chi connectivity index (χ0) is 13.0. The van der Waals surface area contributed by atoms with Gasteiger partial charge < -0.3 is 4.90 Å². The molecule has 0 saturated heterocycles. The van der Waals surface area contributed by atoms with Gasteiger partial charge in [0.1, 0.15) is 0 Å². The SMILES string of the molecule is CC(C)CN(CCC#N)c1ccc2nnnn2n1. The number of nitriles is 1. The second-order valence-electron chi connectivity index (χ2n) is 4.47. The van der Waals surface area contributed by atoms with Gasteiger partial charge in [-0.2, -0.15) is 5.26 Å². The summed E-state index contributed by atoms with van der Waals surface area (Å²) in [6.07, 6.45) is 0.474. The van der Waals surface area contributed by atoms with Crippen LogP contribution in [0.4, 0.5) is 5.82 Å². The van der Waals surface area contributed by atoms with Crippen LogP contribution in [0.25, 0.3) is 5.65 Å². The van der Waals surface area contributed by atoms with E-state index in [4.69, 9.17) is 5.26 Å². The van der Waals surface area contributed by atoms with Crippen LogP contribution in [0.5, 0.6) is 0 Å².